The van der Waals surface area contributed by atoms with Crippen molar-refractivity contribution in [3.05, 3.63) is 59.7 Å². The van der Waals surface area contributed by atoms with Gasteiger partial charge >= 0.3 is 0 Å². The summed E-state index contributed by atoms with van der Waals surface area (Å²) in [5.74, 6) is -0.464. The molecule has 0 aliphatic carbocycles. The fourth-order valence-electron chi connectivity index (χ4n) is 3.44. The van der Waals surface area contributed by atoms with Crippen LogP contribution in [-0.4, -0.2) is 40.9 Å². The average molecular weight is 432 g/mol. The molecule has 1 heterocycles. The second-order valence-corrected chi connectivity index (χ2v) is 8.95. The van der Waals surface area contributed by atoms with Gasteiger partial charge in [0.15, 0.2) is 0 Å². The summed E-state index contributed by atoms with van der Waals surface area (Å²) in [6.07, 6.45) is 0.111. The second-order valence-electron chi connectivity index (χ2n) is 7.03. The SMILES string of the molecule is CNS(=O)(=O)Cc1ccccc1CNC(=O)C1CC(=O)N(c2ccccc2OC)C1. The highest BCUT2D eigenvalue weighted by atomic mass is 32.2. The van der Waals surface area contributed by atoms with Gasteiger partial charge in [-0.3, -0.25) is 9.59 Å². The molecule has 30 heavy (non-hydrogen) atoms. The van der Waals surface area contributed by atoms with Gasteiger partial charge in [-0.1, -0.05) is 36.4 Å². The number of benzene rings is 2. The highest BCUT2D eigenvalue weighted by Gasteiger charge is 2.36. The van der Waals surface area contributed by atoms with Gasteiger partial charge < -0.3 is 15.0 Å². The van der Waals surface area contributed by atoms with E-state index in [2.05, 4.69) is 10.0 Å². The third kappa shape index (κ3) is 4.98. The molecule has 1 fully saturated rings. The molecule has 8 nitrogen and oxygen atoms in total. The number of anilines is 1. The van der Waals surface area contributed by atoms with Gasteiger partial charge in [-0.15, -0.1) is 0 Å². The molecule has 3 rings (SSSR count). The van der Waals surface area contributed by atoms with Crippen molar-refractivity contribution in [2.75, 3.05) is 25.6 Å². The number of hydrogen-bond donors (Lipinski definition) is 2. The van der Waals surface area contributed by atoms with Crippen molar-refractivity contribution in [1.29, 1.82) is 0 Å². The van der Waals surface area contributed by atoms with Crippen molar-refractivity contribution in [1.82, 2.24) is 10.0 Å². The van der Waals surface area contributed by atoms with Crippen molar-refractivity contribution in [2.24, 2.45) is 5.92 Å². The Hall–Kier alpha value is -2.91. The molecule has 0 spiro atoms. The molecule has 9 heteroatoms. The second kappa shape index (κ2) is 9.27. The van der Waals surface area contributed by atoms with Crippen molar-refractivity contribution >= 4 is 27.5 Å². The molecule has 1 aliphatic rings. The van der Waals surface area contributed by atoms with E-state index in [1.165, 1.54) is 14.2 Å². The number of carbonyl (C=O) groups excluding carboxylic acids is 2. The molecule has 1 unspecified atom stereocenters. The molecule has 0 radical (unpaired) electrons. The fourth-order valence-corrected chi connectivity index (χ4v) is 4.28. The molecule has 2 amide bonds. The minimum absolute atomic E-state index is 0.111. The zero-order chi connectivity index (χ0) is 21.7. The summed E-state index contributed by atoms with van der Waals surface area (Å²) in [5, 5.41) is 2.84. The number of nitrogens with zero attached hydrogens (tertiary/aromatic N) is 1. The van der Waals surface area contributed by atoms with E-state index in [1.54, 1.807) is 41.3 Å². The van der Waals surface area contributed by atoms with E-state index < -0.39 is 15.9 Å². The van der Waals surface area contributed by atoms with Gasteiger partial charge in [0, 0.05) is 19.5 Å². The maximum atomic E-state index is 12.7. The molecule has 2 N–H and O–H groups in total. The highest BCUT2D eigenvalue weighted by Crippen LogP contribution is 2.32. The smallest absolute Gasteiger partial charge is 0.227 e. The van der Waals surface area contributed by atoms with Crippen LogP contribution in [0.15, 0.2) is 48.5 Å². The van der Waals surface area contributed by atoms with E-state index in [1.807, 2.05) is 12.1 Å². The van der Waals surface area contributed by atoms with Crippen molar-refractivity contribution in [3.8, 4) is 5.75 Å². The standard InChI is InChI=1S/C21H25N3O5S/c1-22-30(27,28)14-16-8-4-3-7-15(16)12-23-21(26)17-11-20(25)24(13-17)18-9-5-6-10-19(18)29-2/h3-10,17,22H,11-14H2,1-2H3,(H,23,26). The van der Waals surface area contributed by atoms with Crippen molar-refractivity contribution in [2.45, 2.75) is 18.7 Å². The van der Waals surface area contributed by atoms with Crippen LogP contribution in [0.5, 0.6) is 5.75 Å². The van der Waals surface area contributed by atoms with Gasteiger partial charge in [-0.2, -0.15) is 0 Å². The van der Waals surface area contributed by atoms with Crippen molar-refractivity contribution in [3.63, 3.8) is 0 Å². The summed E-state index contributed by atoms with van der Waals surface area (Å²) in [5.41, 5.74) is 1.98. The van der Waals surface area contributed by atoms with Crippen LogP contribution in [-0.2, 0) is 31.9 Å². The molecule has 2 aromatic rings. The van der Waals surface area contributed by atoms with Gasteiger partial charge in [0.25, 0.3) is 0 Å². The lowest BCUT2D eigenvalue weighted by atomic mass is 10.1. The Morgan fingerprint density at radius 2 is 1.80 bits per heavy atom. The third-order valence-electron chi connectivity index (χ3n) is 5.10. The highest BCUT2D eigenvalue weighted by molar-refractivity contribution is 7.88. The topological polar surface area (TPSA) is 105 Å². The number of amides is 2. The van der Waals surface area contributed by atoms with Gasteiger partial charge in [0.05, 0.1) is 24.5 Å². The molecule has 1 saturated heterocycles. The Kier molecular flexibility index (Phi) is 6.73. The third-order valence-corrected chi connectivity index (χ3v) is 6.41. The first kappa shape index (κ1) is 21.8. The maximum absolute atomic E-state index is 12.7. The lowest BCUT2D eigenvalue weighted by Crippen LogP contribution is -2.33. The number of ether oxygens (including phenoxy) is 1. The summed E-state index contributed by atoms with van der Waals surface area (Å²) in [4.78, 5) is 26.8. The number of carbonyl (C=O) groups is 2. The molecule has 2 aromatic carbocycles. The van der Waals surface area contributed by atoms with Crippen LogP contribution in [0, 0.1) is 5.92 Å². The predicted octanol–water partition coefficient (Wildman–Crippen LogP) is 1.41. The van der Waals surface area contributed by atoms with E-state index in [-0.39, 0.29) is 37.1 Å². The predicted molar refractivity (Wildman–Crippen MR) is 113 cm³/mol. The Morgan fingerprint density at radius 1 is 1.13 bits per heavy atom. The first-order valence-corrected chi connectivity index (χ1v) is 11.2. The maximum Gasteiger partial charge on any atom is 0.227 e. The Balaban J connectivity index is 1.66. The van der Waals surface area contributed by atoms with Gasteiger partial charge in [0.2, 0.25) is 21.8 Å². The Morgan fingerprint density at radius 3 is 2.50 bits per heavy atom. The van der Waals surface area contributed by atoms with Crippen LogP contribution in [0.1, 0.15) is 17.5 Å². The van der Waals surface area contributed by atoms with Crippen LogP contribution in [0.2, 0.25) is 0 Å². The lowest BCUT2D eigenvalue weighted by Gasteiger charge is -2.19. The molecular weight excluding hydrogens is 406 g/mol. The normalized spacial score (nSPS) is 16.5. The van der Waals surface area contributed by atoms with E-state index in [0.717, 1.165) is 5.56 Å². The van der Waals surface area contributed by atoms with Crippen molar-refractivity contribution < 1.29 is 22.7 Å². The number of hydrogen-bond acceptors (Lipinski definition) is 5. The first-order chi connectivity index (χ1) is 14.3. The van der Waals surface area contributed by atoms with E-state index in [9.17, 15) is 18.0 Å². The summed E-state index contributed by atoms with van der Waals surface area (Å²) >= 11 is 0. The van der Waals surface area contributed by atoms with Gasteiger partial charge in [-0.25, -0.2) is 13.1 Å². The van der Waals surface area contributed by atoms with Gasteiger partial charge in [-0.05, 0) is 30.3 Å². The van der Waals surface area contributed by atoms with Gasteiger partial charge in [0.1, 0.15) is 5.75 Å². The lowest BCUT2D eigenvalue weighted by molar-refractivity contribution is -0.126. The van der Waals surface area contributed by atoms with Crippen LogP contribution >= 0.6 is 0 Å². The molecule has 160 valence electrons. The van der Waals surface area contributed by atoms with Crippen LogP contribution in [0.3, 0.4) is 0 Å². The Bertz CT molecular complexity index is 1040. The minimum Gasteiger partial charge on any atom is -0.495 e. The zero-order valence-corrected chi connectivity index (χ0v) is 17.7. The summed E-state index contributed by atoms with van der Waals surface area (Å²) < 4.78 is 31.4. The number of sulfonamides is 1. The summed E-state index contributed by atoms with van der Waals surface area (Å²) in [6, 6.07) is 14.2. The van der Waals surface area contributed by atoms with Crippen LogP contribution < -0.4 is 19.7 Å². The van der Waals surface area contributed by atoms with E-state index >= 15 is 0 Å². The molecule has 1 atom stereocenters. The molecule has 0 bridgehead atoms. The summed E-state index contributed by atoms with van der Waals surface area (Å²) in [7, 11) is -0.525. The number of methoxy groups -OCH3 is 1. The zero-order valence-electron chi connectivity index (χ0n) is 16.9. The Labute approximate surface area is 176 Å². The fraction of sp³-hybridized carbons (Fsp3) is 0.333. The molecular formula is C21H25N3O5S. The van der Waals surface area contributed by atoms with E-state index in [0.29, 0.717) is 17.0 Å². The molecule has 0 saturated carbocycles. The monoisotopic (exact) mass is 431 g/mol. The van der Waals surface area contributed by atoms with Crippen LogP contribution in [0.4, 0.5) is 5.69 Å². The number of rotatable bonds is 8. The number of para-hydroxylation sites is 2. The molecule has 0 aromatic heterocycles. The number of nitrogens with one attached hydrogen (secondary N) is 2. The van der Waals surface area contributed by atoms with Crippen LogP contribution in [0.25, 0.3) is 0 Å². The summed E-state index contributed by atoms with van der Waals surface area (Å²) in [6.45, 7) is 0.453. The quantitative estimate of drug-likeness (QED) is 0.658. The average Bonchev–Trinajstić information content (AvgIpc) is 3.14. The molecule has 1 aliphatic heterocycles. The first-order valence-electron chi connectivity index (χ1n) is 9.53. The minimum atomic E-state index is -3.43. The largest absolute Gasteiger partial charge is 0.495 e. The van der Waals surface area contributed by atoms with E-state index in [4.69, 9.17) is 4.74 Å².